The Bertz CT molecular complexity index is 992. The number of aliphatic hydroxyl groups is 1. The highest BCUT2D eigenvalue weighted by Gasteiger charge is 2.45. The van der Waals surface area contributed by atoms with Gasteiger partial charge in [-0.05, 0) is 41.5 Å². The zero-order valence-corrected chi connectivity index (χ0v) is 19.1. The van der Waals surface area contributed by atoms with E-state index in [4.69, 9.17) is 0 Å². The molecule has 1 fully saturated rings. The number of alkyl halides is 3. The summed E-state index contributed by atoms with van der Waals surface area (Å²) in [7, 11) is 0. The minimum absolute atomic E-state index is 0.0783. The maximum absolute atomic E-state index is 13.4. The molecule has 1 aliphatic rings. The lowest BCUT2D eigenvalue weighted by Crippen LogP contribution is -2.56. The van der Waals surface area contributed by atoms with Crippen molar-refractivity contribution in [1.82, 2.24) is 10.2 Å². The molecule has 0 spiro atoms. The quantitative estimate of drug-likeness (QED) is 0.649. The lowest BCUT2D eigenvalue weighted by molar-refractivity contribution is -0.212. The molecule has 8 heteroatoms. The minimum atomic E-state index is -4.90. The first-order chi connectivity index (χ1) is 15.5. The predicted molar refractivity (Wildman–Crippen MR) is 120 cm³/mol. The van der Waals surface area contributed by atoms with E-state index in [1.807, 2.05) is 38.1 Å². The summed E-state index contributed by atoms with van der Waals surface area (Å²) in [6, 6.07) is 10.3. The monoisotopic (exact) mass is 464 g/mol. The molecule has 3 rings (SSSR count). The molecule has 0 bridgehead atoms. The van der Waals surface area contributed by atoms with E-state index in [2.05, 4.69) is 5.32 Å². The Hall–Kier alpha value is -2.61. The lowest BCUT2D eigenvalue weighted by atomic mass is 9.96. The van der Waals surface area contributed by atoms with Crippen molar-refractivity contribution in [3.05, 3.63) is 48.0 Å². The van der Waals surface area contributed by atoms with Gasteiger partial charge in [0.15, 0.2) is 6.10 Å². The van der Waals surface area contributed by atoms with E-state index < -0.39 is 30.3 Å². The molecule has 4 unspecified atom stereocenters. The average Bonchev–Trinajstić information content (AvgIpc) is 3.26. The van der Waals surface area contributed by atoms with Crippen LogP contribution in [0.5, 0.6) is 0 Å². The molecule has 0 aliphatic carbocycles. The fourth-order valence-corrected chi connectivity index (χ4v) is 4.22. The Labute approximate surface area is 192 Å². The van der Waals surface area contributed by atoms with Gasteiger partial charge < -0.3 is 15.3 Å². The number of benzene rings is 2. The second-order valence-corrected chi connectivity index (χ2v) is 9.21. The van der Waals surface area contributed by atoms with Gasteiger partial charge in [0.2, 0.25) is 11.8 Å². The molecule has 0 aromatic heterocycles. The van der Waals surface area contributed by atoms with E-state index in [0.717, 1.165) is 10.8 Å². The number of rotatable bonds is 7. The van der Waals surface area contributed by atoms with Crippen LogP contribution in [0, 0.1) is 11.8 Å². The number of nitrogens with zero attached hydrogens (tertiary/aromatic N) is 1. The van der Waals surface area contributed by atoms with Crippen molar-refractivity contribution < 1.29 is 27.9 Å². The summed E-state index contributed by atoms with van der Waals surface area (Å²) >= 11 is 0. The number of amides is 2. The third kappa shape index (κ3) is 5.85. The molecule has 1 saturated heterocycles. The standard InChI is InChI=1S/C25H31F3N2O3/c1-15(2)16(3)24(33)30-12-6-9-21(30)23(32)29-20(22(31)25(26,27)28)14-17-10-11-18-7-4-5-8-19(18)13-17/h4-5,7-8,10-11,13,15-16,20-22,31H,6,9,12,14H2,1-3H3,(H,29,32). The molecule has 180 valence electrons. The Morgan fingerprint density at radius 2 is 1.79 bits per heavy atom. The number of hydrogen-bond acceptors (Lipinski definition) is 3. The van der Waals surface area contributed by atoms with Crippen molar-refractivity contribution in [2.75, 3.05) is 6.54 Å². The van der Waals surface area contributed by atoms with Gasteiger partial charge in [-0.1, -0.05) is 63.2 Å². The normalized spacial score (nSPS) is 19.5. The van der Waals surface area contributed by atoms with Crippen LogP contribution >= 0.6 is 0 Å². The second kappa shape index (κ2) is 10.1. The van der Waals surface area contributed by atoms with Gasteiger partial charge >= 0.3 is 6.18 Å². The number of nitrogens with one attached hydrogen (secondary N) is 1. The summed E-state index contributed by atoms with van der Waals surface area (Å²) in [4.78, 5) is 27.3. The highest BCUT2D eigenvalue weighted by Crippen LogP contribution is 2.27. The van der Waals surface area contributed by atoms with Gasteiger partial charge in [-0.25, -0.2) is 0 Å². The van der Waals surface area contributed by atoms with Crippen LogP contribution in [0.1, 0.15) is 39.2 Å². The Kier molecular flexibility index (Phi) is 7.67. The molecule has 0 saturated carbocycles. The summed E-state index contributed by atoms with van der Waals surface area (Å²) in [5.74, 6) is -1.06. The van der Waals surface area contributed by atoms with Crippen LogP contribution in [0.25, 0.3) is 10.8 Å². The van der Waals surface area contributed by atoms with Crippen LogP contribution in [0.4, 0.5) is 13.2 Å². The first-order valence-electron chi connectivity index (χ1n) is 11.3. The third-order valence-electron chi connectivity index (χ3n) is 6.54. The molecule has 0 radical (unpaired) electrons. The maximum atomic E-state index is 13.4. The molecular weight excluding hydrogens is 433 g/mol. The van der Waals surface area contributed by atoms with Crippen molar-refractivity contribution in [1.29, 1.82) is 0 Å². The molecule has 2 aromatic rings. The van der Waals surface area contributed by atoms with Gasteiger partial charge in [0.05, 0.1) is 6.04 Å². The molecular formula is C25H31F3N2O3. The summed E-state index contributed by atoms with van der Waals surface area (Å²) < 4.78 is 40.2. The third-order valence-corrected chi connectivity index (χ3v) is 6.54. The molecule has 4 atom stereocenters. The maximum Gasteiger partial charge on any atom is 0.416 e. The van der Waals surface area contributed by atoms with Crippen LogP contribution in [0.2, 0.25) is 0 Å². The molecule has 1 aliphatic heterocycles. The van der Waals surface area contributed by atoms with Crippen molar-refractivity contribution in [2.45, 2.75) is 64.4 Å². The van der Waals surface area contributed by atoms with Gasteiger partial charge in [-0.3, -0.25) is 9.59 Å². The Balaban J connectivity index is 1.80. The summed E-state index contributed by atoms with van der Waals surface area (Å²) in [6.07, 6.45) is -6.83. The fraction of sp³-hybridized carbons (Fsp3) is 0.520. The first kappa shape index (κ1) is 25.0. The van der Waals surface area contributed by atoms with E-state index >= 15 is 0 Å². The van der Waals surface area contributed by atoms with Gasteiger partial charge in [0, 0.05) is 12.5 Å². The largest absolute Gasteiger partial charge is 0.416 e. The first-order valence-corrected chi connectivity index (χ1v) is 11.3. The van der Waals surface area contributed by atoms with Crippen molar-refractivity contribution >= 4 is 22.6 Å². The van der Waals surface area contributed by atoms with E-state index in [9.17, 15) is 27.9 Å². The summed E-state index contributed by atoms with van der Waals surface area (Å²) in [5.41, 5.74) is 0.565. The topological polar surface area (TPSA) is 69.6 Å². The number of aliphatic hydroxyl groups excluding tert-OH is 1. The second-order valence-electron chi connectivity index (χ2n) is 9.21. The fourth-order valence-electron chi connectivity index (χ4n) is 4.22. The summed E-state index contributed by atoms with van der Waals surface area (Å²) in [6.45, 7) is 6.00. The Morgan fingerprint density at radius 1 is 1.12 bits per heavy atom. The summed E-state index contributed by atoms with van der Waals surface area (Å²) in [5, 5.41) is 14.2. The molecule has 2 aromatic carbocycles. The van der Waals surface area contributed by atoms with Crippen LogP contribution < -0.4 is 5.32 Å². The lowest BCUT2D eigenvalue weighted by Gasteiger charge is -2.31. The van der Waals surface area contributed by atoms with Gasteiger partial charge in [-0.2, -0.15) is 13.2 Å². The van der Waals surface area contributed by atoms with E-state index in [0.29, 0.717) is 24.9 Å². The number of halogens is 3. The predicted octanol–water partition coefficient (Wildman–Crippen LogP) is 4.07. The Morgan fingerprint density at radius 3 is 2.42 bits per heavy atom. The molecule has 2 N–H and O–H groups in total. The highest BCUT2D eigenvalue weighted by molar-refractivity contribution is 5.89. The van der Waals surface area contributed by atoms with Crippen molar-refractivity contribution in [3.63, 3.8) is 0 Å². The highest BCUT2D eigenvalue weighted by atomic mass is 19.4. The van der Waals surface area contributed by atoms with E-state index in [1.54, 1.807) is 25.1 Å². The van der Waals surface area contributed by atoms with E-state index in [-0.39, 0.29) is 24.2 Å². The van der Waals surface area contributed by atoms with Crippen molar-refractivity contribution in [3.8, 4) is 0 Å². The number of carbonyl (C=O) groups excluding carboxylic acids is 2. The molecule has 5 nitrogen and oxygen atoms in total. The molecule has 2 amide bonds. The van der Waals surface area contributed by atoms with Gasteiger partial charge in [-0.15, -0.1) is 0 Å². The van der Waals surface area contributed by atoms with Crippen LogP contribution in [-0.2, 0) is 16.0 Å². The number of carbonyl (C=O) groups is 2. The average molecular weight is 465 g/mol. The van der Waals surface area contributed by atoms with Crippen LogP contribution in [-0.4, -0.2) is 52.7 Å². The SMILES string of the molecule is CC(C)C(C)C(=O)N1CCCC1C(=O)NC(Cc1ccc2ccccc2c1)C(O)C(F)(F)F. The van der Waals surface area contributed by atoms with Gasteiger partial charge in [0.25, 0.3) is 0 Å². The smallest absolute Gasteiger partial charge is 0.382 e. The van der Waals surface area contributed by atoms with Crippen molar-refractivity contribution in [2.24, 2.45) is 11.8 Å². The number of hydrogen-bond donors (Lipinski definition) is 2. The van der Waals surface area contributed by atoms with Gasteiger partial charge in [0.1, 0.15) is 6.04 Å². The molecule has 33 heavy (non-hydrogen) atoms. The zero-order chi connectivity index (χ0) is 24.3. The minimum Gasteiger partial charge on any atom is -0.382 e. The molecule has 1 heterocycles. The number of likely N-dealkylation sites (tertiary alicyclic amines) is 1. The zero-order valence-electron chi connectivity index (χ0n) is 19.1. The van der Waals surface area contributed by atoms with Crippen LogP contribution in [0.15, 0.2) is 42.5 Å². The number of fused-ring (bicyclic) bond motifs is 1. The van der Waals surface area contributed by atoms with Crippen LogP contribution in [0.3, 0.4) is 0 Å². The van der Waals surface area contributed by atoms with E-state index in [1.165, 1.54) is 4.90 Å².